The molecule has 0 spiro atoms. The van der Waals surface area contributed by atoms with Crippen LogP contribution in [0, 0.1) is 71.7 Å². The van der Waals surface area contributed by atoms with Gasteiger partial charge in [-0.15, -0.1) is 0 Å². The molecule has 29 nitrogen and oxygen atoms in total. The number of rotatable bonds is 19. The van der Waals surface area contributed by atoms with Gasteiger partial charge in [0.15, 0.2) is 5.65 Å². The van der Waals surface area contributed by atoms with E-state index < -0.39 is 0 Å². The van der Waals surface area contributed by atoms with E-state index in [-0.39, 0.29) is 54.0 Å². The van der Waals surface area contributed by atoms with E-state index in [4.69, 9.17) is 33.3 Å². The minimum atomic E-state index is -0.293. The molecule has 0 unspecified atom stereocenters. The number of anilines is 4. The summed E-state index contributed by atoms with van der Waals surface area (Å²) in [6.45, 7) is 20.7. The van der Waals surface area contributed by atoms with Crippen molar-refractivity contribution in [1.82, 2.24) is 91.9 Å². The number of benzene rings is 4. The normalized spacial score (nSPS) is 12.5. The first-order valence-corrected chi connectivity index (χ1v) is 40.4. The molecule has 0 atom stereocenters. The average Bonchev–Trinajstić information content (AvgIpc) is 1.63. The predicted molar refractivity (Wildman–Crippen MR) is 462 cm³/mol. The number of nitrogens with zero attached hydrogens (tertiary/aromatic N) is 19. The molecule has 17 aromatic rings. The van der Waals surface area contributed by atoms with Gasteiger partial charge in [0.05, 0.1) is 72.9 Å². The van der Waals surface area contributed by atoms with Gasteiger partial charge in [-0.1, -0.05) is 6.07 Å². The van der Waals surface area contributed by atoms with Gasteiger partial charge in [-0.3, -0.25) is 36.7 Å². The van der Waals surface area contributed by atoms with Crippen LogP contribution in [0.1, 0.15) is 109 Å². The highest BCUT2D eigenvalue weighted by Crippen LogP contribution is 2.38. The summed E-state index contributed by atoms with van der Waals surface area (Å²) in [5, 5.41) is 22.8. The fourth-order valence-electron chi connectivity index (χ4n) is 15.9. The first-order chi connectivity index (χ1) is 59.9. The molecule has 0 saturated heterocycles. The minimum Gasteiger partial charge on any atom is -0.493 e. The Hall–Kier alpha value is -14.8. The van der Waals surface area contributed by atoms with E-state index in [1.165, 1.54) is 29.2 Å². The van der Waals surface area contributed by atoms with Crippen molar-refractivity contribution < 1.29 is 45.7 Å². The first kappa shape index (κ1) is 81.6. The highest BCUT2D eigenvalue weighted by molar-refractivity contribution is 5.94. The van der Waals surface area contributed by atoms with Crippen LogP contribution in [-0.2, 0) is 52.5 Å². The second-order valence-corrected chi connectivity index (χ2v) is 31.0. The van der Waals surface area contributed by atoms with Gasteiger partial charge in [-0.05, 0) is 135 Å². The molecule has 3 aliphatic rings. The molecule has 13 aromatic heterocycles. The maximum Gasteiger partial charge on any atom is 0.273 e. The lowest BCUT2D eigenvalue weighted by atomic mass is 10.0. The maximum absolute atomic E-state index is 14.6. The summed E-state index contributed by atoms with van der Waals surface area (Å²) in [4.78, 5) is 59.9. The van der Waals surface area contributed by atoms with Crippen molar-refractivity contribution in [1.29, 1.82) is 0 Å². The van der Waals surface area contributed by atoms with Crippen LogP contribution in [-0.4, -0.2) is 139 Å². The van der Waals surface area contributed by atoms with E-state index >= 15 is 0 Å². The number of halogens is 4. The third-order valence-corrected chi connectivity index (χ3v) is 22.1. The quantitative estimate of drug-likeness (QED) is 0.0547. The molecule has 1 amide bonds. The van der Waals surface area contributed by atoms with Crippen LogP contribution in [0.3, 0.4) is 0 Å². The largest absolute Gasteiger partial charge is 0.493 e. The van der Waals surface area contributed by atoms with Crippen LogP contribution in [0.5, 0.6) is 23.1 Å². The van der Waals surface area contributed by atoms with Crippen molar-refractivity contribution in [2.24, 2.45) is 7.05 Å². The molecule has 0 radical (unpaired) electrons. The van der Waals surface area contributed by atoms with Crippen LogP contribution in [0.15, 0.2) is 158 Å². The predicted octanol–water partition coefficient (Wildman–Crippen LogP) is 16.3. The van der Waals surface area contributed by atoms with Gasteiger partial charge >= 0.3 is 0 Å². The molecule has 0 fully saturated rings. The van der Waals surface area contributed by atoms with E-state index in [2.05, 4.69) is 85.2 Å². The third kappa shape index (κ3) is 16.0. The summed E-state index contributed by atoms with van der Waals surface area (Å²) in [6, 6.07) is 22.2. The Labute approximate surface area is 709 Å². The summed E-state index contributed by atoms with van der Waals surface area (Å²) < 4.78 is 96.5. The van der Waals surface area contributed by atoms with E-state index in [0.717, 1.165) is 147 Å². The number of amides is 1. The van der Waals surface area contributed by atoms with Crippen molar-refractivity contribution in [2.45, 2.75) is 114 Å². The Bertz CT molecular complexity index is 6980. The zero-order valence-corrected chi connectivity index (χ0v) is 70.5. The summed E-state index contributed by atoms with van der Waals surface area (Å²) in [7, 11) is 6.79. The van der Waals surface area contributed by atoms with Crippen molar-refractivity contribution in [3.8, 4) is 67.8 Å². The molecule has 0 saturated carbocycles. The number of hydrogen-bond donors (Lipinski definition) is 4. The van der Waals surface area contributed by atoms with Gasteiger partial charge in [0, 0.05) is 230 Å². The van der Waals surface area contributed by atoms with Gasteiger partial charge in [0.25, 0.3) is 5.91 Å². The molecular weight excluding hydrogens is 1590 g/mol. The summed E-state index contributed by atoms with van der Waals surface area (Å²) in [5.41, 5.74) is 22.4. The highest BCUT2D eigenvalue weighted by Gasteiger charge is 2.28. The van der Waals surface area contributed by atoms with E-state index in [1.54, 1.807) is 104 Å². The van der Waals surface area contributed by atoms with Crippen LogP contribution < -0.4 is 40.2 Å². The van der Waals surface area contributed by atoms with Crippen LogP contribution >= 0.6 is 0 Å². The Balaban J connectivity index is 0.000000117. The van der Waals surface area contributed by atoms with E-state index in [0.29, 0.717) is 109 Å². The molecule has 33 heteroatoms. The SMILES string of the molecule is COc1cc(C)c(-c2cnc(NCc3c(F)ccc4c3CCO4)n3cc(C)nc23)cn1.Cc1cc(-c2cnc(NCc3c(F)ccc4c3CCO4)n3cc(C(=O)N(C)C)nc23)n(C)n1.Cc1cn2c(NCc3c(F)ccc4c3CCO4)ncc(-c3cn(C(C)C)nc3C)c2n1.Cc1cn2c(NCc3c(F)ccc4occc34)ncc(-c3cccnc3C)c2n1. The summed E-state index contributed by atoms with van der Waals surface area (Å²) in [6.07, 6.45) is 23.7. The number of methoxy groups -OCH3 is 1. The number of furan rings is 1. The molecule has 124 heavy (non-hydrogen) atoms. The number of imidazole rings is 4. The fraction of sp³-hybridized carbons (Fsp3) is 0.264. The van der Waals surface area contributed by atoms with Gasteiger partial charge in [-0.2, -0.15) is 10.2 Å². The Morgan fingerprint density at radius 2 is 0.935 bits per heavy atom. The molecule has 0 bridgehead atoms. The molecule has 4 N–H and O–H groups in total. The lowest BCUT2D eigenvalue weighted by Crippen LogP contribution is -2.21. The zero-order valence-electron chi connectivity index (χ0n) is 70.5. The monoisotopic (exact) mass is 1680 g/mol. The summed E-state index contributed by atoms with van der Waals surface area (Å²) in [5.74, 6) is 3.77. The van der Waals surface area contributed by atoms with Crippen LogP contribution in [0.25, 0.3) is 78.2 Å². The molecule has 4 aromatic carbocycles. The fourth-order valence-corrected chi connectivity index (χ4v) is 15.9. The average molecular weight is 1680 g/mol. The van der Waals surface area contributed by atoms with Crippen molar-refractivity contribution in [3.63, 3.8) is 0 Å². The van der Waals surface area contributed by atoms with Crippen molar-refractivity contribution in [3.05, 3.63) is 261 Å². The van der Waals surface area contributed by atoms with Gasteiger partial charge in [-0.25, -0.2) is 62.4 Å². The highest BCUT2D eigenvalue weighted by atomic mass is 19.1. The van der Waals surface area contributed by atoms with Gasteiger partial charge in [0.1, 0.15) is 68.7 Å². The number of hydrogen-bond acceptors (Lipinski definition) is 22. The second-order valence-electron chi connectivity index (χ2n) is 31.0. The second kappa shape index (κ2) is 34.0. The maximum atomic E-state index is 14.6. The first-order valence-electron chi connectivity index (χ1n) is 40.4. The summed E-state index contributed by atoms with van der Waals surface area (Å²) >= 11 is 0. The number of aromatic nitrogens is 18. The number of aryl methyl sites for hydroxylation is 8. The van der Waals surface area contributed by atoms with Gasteiger partial charge < -0.3 is 49.5 Å². The number of nitrogens with one attached hydrogen (secondary N) is 4. The lowest BCUT2D eigenvalue weighted by molar-refractivity contribution is 0.0822. The van der Waals surface area contributed by atoms with Crippen LogP contribution in [0.4, 0.5) is 41.4 Å². The number of ether oxygens (including phenoxy) is 4. The smallest absolute Gasteiger partial charge is 0.273 e. The molecule has 3 aliphatic heterocycles. The minimum absolute atomic E-state index is 0.221. The number of pyridine rings is 2. The standard InChI is InChI=1S/C23H24FN7O2.C23H25FN6O.C23H22FN5O2.C22H18FN5O/c1-13-9-19(30(4)28-13)16-11-26-23(31-12-18(27-21(16)31)22(32)29(2)3)25-10-15-14-7-8-33-20(14)6-5-17(15)24;1-13(2)30-12-19(15(4)28-30)18-10-26-23(29-11-14(3)27-22(18)29)25-9-17-16-7-8-31-21(16)6-5-20(17)24;1-13-8-21(30-3)25-9-16(13)18-11-27-23(29-12-14(2)28-22(18)29)26-10-17-15-6-7-31-20(15)5-4-19(17)24;1-13-12-28-21(27-13)18(15-4-3-8-24-14(15)2)11-26-22(28)25-10-17-16-7-9-29-20(16)6-5-19(17)23/h5-6,9,11-12H,7-8,10H2,1-4H3,(H,25,26);5-6,10-13H,7-9H2,1-4H3,(H,25,26);4-5,8-9,11-12H,6-7,10H2,1-3H3,(H,26,27);3-9,11-12H,10H2,1-2H3,(H,25,26). The van der Waals surface area contributed by atoms with E-state index in [1.807, 2.05) is 129 Å². The lowest BCUT2D eigenvalue weighted by Gasteiger charge is -2.14. The molecule has 20 rings (SSSR count). The Morgan fingerprint density at radius 1 is 0.484 bits per heavy atom. The van der Waals surface area contributed by atoms with Crippen molar-refractivity contribution in [2.75, 3.05) is 62.3 Å². The Kier molecular flexibility index (Phi) is 22.4. The number of carbonyl (C=O) groups excluding carboxylic acids is 1. The van der Waals surface area contributed by atoms with Gasteiger partial charge in [0.2, 0.25) is 29.7 Å². The Morgan fingerprint density at radius 3 is 1.40 bits per heavy atom. The zero-order chi connectivity index (χ0) is 86.5. The third-order valence-electron chi connectivity index (χ3n) is 22.1. The molecule has 632 valence electrons. The number of carbonyl (C=O) groups is 1. The molecule has 16 heterocycles. The molecular formula is C91H89F4N23O6. The molecule has 0 aliphatic carbocycles. The number of fused-ring (bicyclic) bond motifs is 8. The van der Waals surface area contributed by atoms with Crippen molar-refractivity contribution >= 4 is 63.3 Å². The van der Waals surface area contributed by atoms with Crippen LogP contribution in [0.2, 0.25) is 0 Å². The topological polar surface area (TPSA) is 301 Å². The van der Waals surface area contributed by atoms with E-state index in [9.17, 15) is 22.4 Å².